The van der Waals surface area contributed by atoms with Crippen LogP contribution < -0.4 is 10.0 Å². The predicted octanol–water partition coefficient (Wildman–Crippen LogP) is 3.79. The summed E-state index contributed by atoms with van der Waals surface area (Å²) in [6.07, 6.45) is 4.91. The first-order chi connectivity index (χ1) is 14.3. The number of benzene rings is 2. The third-order valence-corrected chi connectivity index (χ3v) is 6.99. The van der Waals surface area contributed by atoms with E-state index in [2.05, 4.69) is 10.0 Å². The lowest BCUT2D eigenvalue weighted by Crippen LogP contribution is -2.36. The van der Waals surface area contributed by atoms with Gasteiger partial charge in [0.25, 0.3) is 15.9 Å². The molecule has 1 aliphatic rings. The first-order valence-corrected chi connectivity index (χ1v) is 12.4. The molecule has 30 heavy (non-hydrogen) atoms. The number of likely N-dealkylation sites (tertiary alicyclic amines) is 1. The Hall–Kier alpha value is -2.52. The molecule has 1 heterocycles. The predicted molar refractivity (Wildman–Crippen MR) is 120 cm³/mol. The van der Waals surface area contributed by atoms with E-state index in [0.717, 1.165) is 24.2 Å². The highest BCUT2D eigenvalue weighted by Crippen LogP contribution is 2.27. The molecular formula is C21H25N3O4S2. The summed E-state index contributed by atoms with van der Waals surface area (Å²) in [5, 5.41) is 2.63. The number of amides is 2. The van der Waals surface area contributed by atoms with Gasteiger partial charge in [0.05, 0.1) is 10.5 Å². The maximum Gasteiger partial charge on any atom is 0.261 e. The zero-order valence-corrected chi connectivity index (χ0v) is 18.6. The minimum atomic E-state index is -3.88. The largest absolute Gasteiger partial charge is 0.339 e. The van der Waals surface area contributed by atoms with Crippen molar-refractivity contribution < 1.29 is 18.0 Å². The van der Waals surface area contributed by atoms with Crippen LogP contribution in [-0.2, 0) is 14.8 Å². The lowest BCUT2D eigenvalue weighted by atomic mass is 10.1. The summed E-state index contributed by atoms with van der Waals surface area (Å²) < 4.78 is 28.3. The van der Waals surface area contributed by atoms with E-state index in [4.69, 9.17) is 0 Å². The van der Waals surface area contributed by atoms with Gasteiger partial charge in [-0.15, -0.1) is 11.8 Å². The van der Waals surface area contributed by atoms with Gasteiger partial charge >= 0.3 is 0 Å². The molecule has 0 spiro atoms. The minimum Gasteiger partial charge on any atom is -0.339 e. The average molecular weight is 448 g/mol. The van der Waals surface area contributed by atoms with Gasteiger partial charge in [-0.3, -0.25) is 14.3 Å². The number of thioether (sulfide) groups is 1. The molecule has 2 aromatic rings. The fourth-order valence-corrected chi connectivity index (χ4v) is 4.98. The lowest BCUT2D eigenvalue weighted by molar-refractivity contribution is -0.114. The van der Waals surface area contributed by atoms with Crippen LogP contribution in [0, 0.1) is 0 Å². The molecule has 0 radical (unpaired) electrons. The number of hydrogen-bond donors (Lipinski definition) is 2. The molecular weight excluding hydrogens is 422 g/mol. The van der Waals surface area contributed by atoms with E-state index in [1.54, 1.807) is 35.2 Å². The summed E-state index contributed by atoms with van der Waals surface area (Å²) in [7, 11) is -3.88. The Morgan fingerprint density at radius 1 is 0.967 bits per heavy atom. The highest BCUT2D eigenvalue weighted by atomic mass is 32.2. The second kappa shape index (κ2) is 9.53. The highest BCUT2D eigenvalue weighted by Gasteiger charge is 2.24. The highest BCUT2D eigenvalue weighted by molar-refractivity contribution is 7.98. The second-order valence-electron chi connectivity index (χ2n) is 7.08. The van der Waals surface area contributed by atoms with Crippen LogP contribution in [0.15, 0.2) is 52.3 Å². The van der Waals surface area contributed by atoms with Crippen molar-refractivity contribution in [2.24, 2.45) is 0 Å². The van der Waals surface area contributed by atoms with E-state index >= 15 is 0 Å². The van der Waals surface area contributed by atoms with Gasteiger partial charge in [0.1, 0.15) is 0 Å². The van der Waals surface area contributed by atoms with E-state index in [9.17, 15) is 18.0 Å². The fraction of sp³-hybridized carbons (Fsp3) is 0.333. The van der Waals surface area contributed by atoms with Gasteiger partial charge in [-0.2, -0.15) is 0 Å². The van der Waals surface area contributed by atoms with Crippen LogP contribution in [0.4, 0.5) is 11.4 Å². The number of hydrogen-bond acceptors (Lipinski definition) is 5. The third kappa shape index (κ3) is 5.34. The van der Waals surface area contributed by atoms with Gasteiger partial charge in [-0.05, 0) is 68.0 Å². The van der Waals surface area contributed by atoms with Crippen molar-refractivity contribution >= 4 is 45.0 Å². The number of nitrogens with one attached hydrogen (secondary N) is 2. The van der Waals surface area contributed by atoms with Gasteiger partial charge in [0.15, 0.2) is 0 Å². The summed E-state index contributed by atoms with van der Waals surface area (Å²) in [5.74, 6) is -0.334. The van der Waals surface area contributed by atoms with Gasteiger partial charge in [0.2, 0.25) is 5.91 Å². The number of nitrogens with zero attached hydrogens (tertiary/aromatic N) is 1. The monoisotopic (exact) mass is 447 g/mol. The number of piperidine rings is 1. The summed E-state index contributed by atoms with van der Waals surface area (Å²) in [5.41, 5.74) is 1.35. The molecule has 0 saturated carbocycles. The second-order valence-corrected chi connectivity index (χ2v) is 9.61. The number of sulfonamides is 1. The molecule has 2 N–H and O–H groups in total. The van der Waals surface area contributed by atoms with E-state index in [-0.39, 0.29) is 16.7 Å². The SMILES string of the molecule is CSc1ccc(S(=O)(=O)Nc2ccc(NC(C)=O)cc2)cc1C(=O)N1CCCCC1. The summed E-state index contributed by atoms with van der Waals surface area (Å²) in [4.78, 5) is 26.7. The van der Waals surface area contributed by atoms with Crippen molar-refractivity contribution in [2.75, 3.05) is 29.4 Å². The van der Waals surface area contributed by atoms with Crippen molar-refractivity contribution in [3.63, 3.8) is 0 Å². The number of carbonyl (C=O) groups is 2. The molecule has 0 aromatic heterocycles. The summed E-state index contributed by atoms with van der Waals surface area (Å²) in [6.45, 7) is 2.79. The fourth-order valence-electron chi connectivity index (χ4n) is 3.33. The first-order valence-electron chi connectivity index (χ1n) is 9.68. The quantitative estimate of drug-likeness (QED) is 0.657. The molecule has 9 heteroatoms. The Kier molecular flexibility index (Phi) is 7.04. The topological polar surface area (TPSA) is 95.6 Å². The maximum absolute atomic E-state index is 13.0. The molecule has 0 atom stereocenters. The first kappa shape index (κ1) is 22.2. The van der Waals surface area contributed by atoms with Crippen molar-refractivity contribution in [1.29, 1.82) is 0 Å². The van der Waals surface area contributed by atoms with Crippen molar-refractivity contribution in [3.05, 3.63) is 48.0 Å². The average Bonchev–Trinajstić information content (AvgIpc) is 2.74. The van der Waals surface area contributed by atoms with Crippen LogP contribution in [0.2, 0.25) is 0 Å². The summed E-state index contributed by atoms with van der Waals surface area (Å²) in [6, 6.07) is 11.0. The van der Waals surface area contributed by atoms with Crippen LogP contribution in [0.3, 0.4) is 0 Å². The van der Waals surface area contributed by atoms with Crippen molar-refractivity contribution in [3.8, 4) is 0 Å². The van der Waals surface area contributed by atoms with Gasteiger partial charge in [-0.1, -0.05) is 0 Å². The van der Waals surface area contributed by atoms with E-state index < -0.39 is 10.0 Å². The molecule has 0 bridgehead atoms. The van der Waals surface area contributed by atoms with Gasteiger partial charge in [-0.25, -0.2) is 8.42 Å². The maximum atomic E-state index is 13.0. The molecule has 0 aliphatic carbocycles. The zero-order chi connectivity index (χ0) is 21.7. The Morgan fingerprint density at radius 2 is 1.60 bits per heavy atom. The van der Waals surface area contributed by atoms with Crippen LogP contribution in [0.1, 0.15) is 36.5 Å². The smallest absolute Gasteiger partial charge is 0.261 e. The van der Waals surface area contributed by atoms with Crippen LogP contribution in [-0.4, -0.2) is 44.5 Å². The number of anilines is 2. The van der Waals surface area contributed by atoms with E-state index in [1.165, 1.54) is 30.8 Å². The molecule has 7 nitrogen and oxygen atoms in total. The van der Waals surface area contributed by atoms with Gasteiger partial charge in [0, 0.05) is 36.3 Å². The minimum absolute atomic E-state index is 0.0339. The van der Waals surface area contributed by atoms with E-state index in [0.29, 0.717) is 30.0 Å². The molecule has 1 saturated heterocycles. The molecule has 3 rings (SSSR count). The molecule has 2 amide bonds. The normalized spacial score (nSPS) is 14.3. The Morgan fingerprint density at radius 3 is 2.20 bits per heavy atom. The Balaban J connectivity index is 1.84. The summed E-state index contributed by atoms with van der Waals surface area (Å²) >= 11 is 1.42. The Labute approximate surface area is 181 Å². The number of carbonyl (C=O) groups excluding carboxylic acids is 2. The van der Waals surface area contributed by atoms with Crippen LogP contribution >= 0.6 is 11.8 Å². The van der Waals surface area contributed by atoms with Crippen molar-refractivity contribution in [2.45, 2.75) is 36.0 Å². The molecule has 2 aromatic carbocycles. The van der Waals surface area contributed by atoms with Gasteiger partial charge < -0.3 is 10.2 Å². The molecule has 0 unspecified atom stereocenters. The molecule has 1 fully saturated rings. The van der Waals surface area contributed by atoms with E-state index in [1.807, 2.05) is 6.26 Å². The van der Waals surface area contributed by atoms with Crippen LogP contribution in [0.5, 0.6) is 0 Å². The lowest BCUT2D eigenvalue weighted by Gasteiger charge is -2.27. The third-order valence-electron chi connectivity index (χ3n) is 4.81. The van der Waals surface area contributed by atoms with Crippen LogP contribution in [0.25, 0.3) is 0 Å². The Bertz CT molecular complexity index is 1030. The number of rotatable bonds is 6. The zero-order valence-electron chi connectivity index (χ0n) is 17.0. The molecule has 160 valence electrons. The van der Waals surface area contributed by atoms with Crippen molar-refractivity contribution in [1.82, 2.24) is 4.90 Å². The molecule has 1 aliphatic heterocycles. The standard InChI is InChI=1S/C21H25N3O4S2/c1-15(25)22-16-6-8-17(9-7-16)23-30(27,28)18-10-11-20(29-2)19(14-18)21(26)24-12-4-3-5-13-24/h6-11,14,23H,3-5,12-13H2,1-2H3,(H,22,25).